The Morgan fingerprint density at radius 1 is 1.31 bits per heavy atom. The monoisotopic (exact) mass is 242 g/mol. The molecule has 0 spiro atoms. The molecule has 0 bridgehead atoms. The third-order valence-electron chi connectivity index (χ3n) is 2.16. The molecule has 1 aromatic carbocycles. The van der Waals surface area contributed by atoms with Crippen LogP contribution in [-0.2, 0) is 10.0 Å². The number of para-hydroxylation sites is 1. The lowest BCUT2D eigenvalue weighted by atomic mass is 10.2. The highest BCUT2D eigenvalue weighted by Gasteiger charge is 2.11. The second-order valence-corrected chi connectivity index (χ2v) is 5.79. The molecule has 90 valence electrons. The van der Waals surface area contributed by atoms with Crippen molar-refractivity contribution in [3.63, 3.8) is 0 Å². The Morgan fingerprint density at radius 2 is 1.88 bits per heavy atom. The van der Waals surface area contributed by atoms with Crippen LogP contribution in [0.3, 0.4) is 0 Å². The molecule has 1 rings (SSSR count). The standard InChI is InChI=1S/C11H18N2O2S/c1-10(12-16(3,14)15)9-13(2)11-7-5-4-6-8-11/h4-8,10,12H,9H2,1-3H3/t10-/m1/s1. The second-order valence-electron chi connectivity index (χ2n) is 4.01. The fourth-order valence-corrected chi connectivity index (χ4v) is 2.41. The normalized spacial score (nSPS) is 13.4. The number of hydrogen-bond acceptors (Lipinski definition) is 3. The topological polar surface area (TPSA) is 49.4 Å². The number of anilines is 1. The Bertz CT molecular complexity index is 417. The first kappa shape index (κ1) is 13.0. The van der Waals surface area contributed by atoms with Crippen LogP contribution in [-0.4, -0.2) is 34.3 Å². The Kier molecular flexibility index (Phi) is 4.32. The summed E-state index contributed by atoms with van der Waals surface area (Å²) in [6, 6.07) is 9.75. The van der Waals surface area contributed by atoms with E-state index in [4.69, 9.17) is 0 Å². The number of rotatable bonds is 5. The Balaban J connectivity index is 2.55. The zero-order chi connectivity index (χ0) is 12.2. The summed E-state index contributed by atoms with van der Waals surface area (Å²) >= 11 is 0. The predicted octanol–water partition coefficient (Wildman–Crippen LogP) is 1.06. The van der Waals surface area contributed by atoms with Crippen molar-refractivity contribution >= 4 is 15.7 Å². The smallest absolute Gasteiger partial charge is 0.209 e. The van der Waals surface area contributed by atoms with E-state index in [9.17, 15) is 8.42 Å². The molecule has 1 N–H and O–H groups in total. The highest BCUT2D eigenvalue weighted by Crippen LogP contribution is 2.10. The van der Waals surface area contributed by atoms with Crippen molar-refractivity contribution in [2.24, 2.45) is 0 Å². The number of nitrogens with one attached hydrogen (secondary N) is 1. The van der Waals surface area contributed by atoms with Crippen LogP contribution >= 0.6 is 0 Å². The van der Waals surface area contributed by atoms with Gasteiger partial charge < -0.3 is 4.90 Å². The molecular formula is C11H18N2O2S. The SMILES string of the molecule is C[C@H](CN(C)c1ccccc1)NS(C)(=O)=O. The average molecular weight is 242 g/mol. The van der Waals surface area contributed by atoms with Gasteiger partial charge in [0, 0.05) is 25.3 Å². The van der Waals surface area contributed by atoms with Gasteiger partial charge in [0.05, 0.1) is 6.26 Å². The van der Waals surface area contributed by atoms with Crippen LogP contribution in [0.5, 0.6) is 0 Å². The predicted molar refractivity (Wildman–Crippen MR) is 67.2 cm³/mol. The zero-order valence-corrected chi connectivity index (χ0v) is 10.7. The van der Waals surface area contributed by atoms with Crippen LogP contribution in [0.1, 0.15) is 6.92 Å². The van der Waals surface area contributed by atoms with Crippen LogP contribution < -0.4 is 9.62 Å². The van der Waals surface area contributed by atoms with E-state index < -0.39 is 10.0 Å². The van der Waals surface area contributed by atoms with E-state index in [0.29, 0.717) is 6.54 Å². The minimum Gasteiger partial charge on any atom is -0.373 e. The molecule has 16 heavy (non-hydrogen) atoms. The molecule has 0 aromatic heterocycles. The highest BCUT2D eigenvalue weighted by atomic mass is 32.2. The molecule has 1 atom stereocenters. The van der Waals surface area contributed by atoms with Gasteiger partial charge in [-0.1, -0.05) is 18.2 Å². The van der Waals surface area contributed by atoms with Crippen LogP contribution in [0.15, 0.2) is 30.3 Å². The Morgan fingerprint density at radius 3 is 2.38 bits per heavy atom. The molecule has 0 radical (unpaired) electrons. The van der Waals surface area contributed by atoms with Gasteiger partial charge in [-0.25, -0.2) is 13.1 Å². The van der Waals surface area contributed by atoms with Crippen molar-refractivity contribution in [3.8, 4) is 0 Å². The lowest BCUT2D eigenvalue weighted by Crippen LogP contribution is -2.40. The summed E-state index contributed by atoms with van der Waals surface area (Å²) in [6.45, 7) is 2.48. The van der Waals surface area contributed by atoms with Crippen molar-refractivity contribution < 1.29 is 8.42 Å². The fourth-order valence-electron chi connectivity index (χ4n) is 1.60. The van der Waals surface area contributed by atoms with Crippen molar-refractivity contribution in [1.29, 1.82) is 0 Å². The third kappa shape index (κ3) is 4.63. The third-order valence-corrected chi connectivity index (χ3v) is 2.99. The summed E-state index contributed by atoms with van der Waals surface area (Å²) in [4.78, 5) is 2.02. The zero-order valence-electron chi connectivity index (χ0n) is 9.84. The molecule has 0 aliphatic carbocycles. The number of nitrogens with zero attached hydrogens (tertiary/aromatic N) is 1. The molecule has 0 fully saturated rings. The summed E-state index contributed by atoms with van der Waals surface area (Å²) in [6.07, 6.45) is 1.17. The highest BCUT2D eigenvalue weighted by molar-refractivity contribution is 7.88. The summed E-state index contributed by atoms with van der Waals surface area (Å²) in [5.74, 6) is 0. The van der Waals surface area contributed by atoms with Gasteiger partial charge in [-0.2, -0.15) is 0 Å². The molecule has 0 heterocycles. The van der Waals surface area contributed by atoms with Crippen molar-refractivity contribution in [2.45, 2.75) is 13.0 Å². The van der Waals surface area contributed by atoms with Crippen LogP contribution in [0, 0.1) is 0 Å². The fraction of sp³-hybridized carbons (Fsp3) is 0.455. The molecule has 0 amide bonds. The lowest BCUT2D eigenvalue weighted by molar-refractivity contribution is 0.565. The number of benzene rings is 1. The molecular weight excluding hydrogens is 224 g/mol. The van der Waals surface area contributed by atoms with Crippen molar-refractivity contribution in [3.05, 3.63) is 30.3 Å². The van der Waals surface area contributed by atoms with Gasteiger partial charge in [0.25, 0.3) is 0 Å². The lowest BCUT2D eigenvalue weighted by Gasteiger charge is -2.23. The maximum atomic E-state index is 11.0. The van der Waals surface area contributed by atoms with Gasteiger partial charge in [-0.05, 0) is 19.1 Å². The van der Waals surface area contributed by atoms with E-state index in [2.05, 4.69) is 4.72 Å². The summed E-state index contributed by atoms with van der Waals surface area (Å²) in [5.41, 5.74) is 1.07. The van der Waals surface area contributed by atoms with Crippen molar-refractivity contribution in [1.82, 2.24) is 4.72 Å². The molecule has 4 nitrogen and oxygen atoms in total. The first-order valence-corrected chi connectivity index (χ1v) is 7.01. The van der Waals surface area contributed by atoms with Gasteiger partial charge in [-0.3, -0.25) is 0 Å². The maximum absolute atomic E-state index is 11.0. The van der Waals surface area contributed by atoms with E-state index in [1.165, 1.54) is 6.26 Å². The minimum absolute atomic E-state index is 0.111. The molecule has 0 aliphatic heterocycles. The second kappa shape index (κ2) is 5.32. The van der Waals surface area contributed by atoms with Gasteiger partial charge >= 0.3 is 0 Å². The van der Waals surface area contributed by atoms with Crippen LogP contribution in [0.2, 0.25) is 0 Å². The quantitative estimate of drug-likeness (QED) is 0.840. The number of sulfonamides is 1. The average Bonchev–Trinajstić information content (AvgIpc) is 2.16. The number of likely N-dealkylation sites (N-methyl/N-ethyl adjacent to an activating group) is 1. The van der Waals surface area contributed by atoms with E-state index >= 15 is 0 Å². The minimum atomic E-state index is -3.13. The largest absolute Gasteiger partial charge is 0.373 e. The van der Waals surface area contributed by atoms with Gasteiger partial charge in [0.2, 0.25) is 10.0 Å². The molecule has 0 aliphatic rings. The maximum Gasteiger partial charge on any atom is 0.209 e. The van der Waals surface area contributed by atoms with Gasteiger partial charge in [0.15, 0.2) is 0 Å². The first-order valence-electron chi connectivity index (χ1n) is 5.12. The summed E-state index contributed by atoms with van der Waals surface area (Å²) in [7, 11) is -1.19. The summed E-state index contributed by atoms with van der Waals surface area (Å²) < 4.78 is 24.6. The van der Waals surface area contributed by atoms with E-state index in [-0.39, 0.29) is 6.04 Å². The number of hydrogen-bond donors (Lipinski definition) is 1. The van der Waals surface area contributed by atoms with Crippen molar-refractivity contribution in [2.75, 3.05) is 24.7 Å². The summed E-state index contributed by atoms with van der Waals surface area (Å²) in [5, 5.41) is 0. The molecule has 0 unspecified atom stereocenters. The molecule has 1 aromatic rings. The van der Waals surface area contributed by atoms with Gasteiger partial charge in [-0.15, -0.1) is 0 Å². The molecule has 0 saturated heterocycles. The van der Waals surface area contributed by atoms with Crippen LogP contribution in [0.25, 0.3) is 0 Å². The van der Waals surface area contributed by atoms with E-state index in [1.54, 1.807) is 0 Å². The first-order chi connectivity index (χ1) is 7.38. The van der Waals surface area contributed by atoms with Gasteiger partial charge in [0.1, 0.15) is 0 Å². The van der Waals surface area contributed by atoms with Crippen LogP contribution in [0.4, 0.5) is 5.69 Å². The Labute approximate surface area is 97.3 Å². The van der Waals surface area contributed by atoms with E-state index in [1.807, 2.05) is 49.2 Å². The molecule has 5 heteroatoms. The Hall–Kier alpha value is -1.07. The molecule has 0 saturated carbocycles. The van der Waals surface area contributed by atoms with E-state index in [0.717, 1.165) is 5.69 Å².